The van der Waals surface area contributed by atoms with Crippen molar-refractivity contribution in [2.75, 3.05) is 5.75 Å². The molecule has 1 amide bonds. The van der Waals surface area contributed by atoms with E-state index in [2.05, 4.69) is 5.32 Å². The Kier molecular flexibility index (Phi) is 6.27. The van der Waals surface area contributed by atoms with Crippen LogP contribution in [-0.4, -0.2) is 28.8 Å². The van der Waals surface area contributed by atoms with Crippen molar-refractivity contribution < 1.29 is 14.7 Å². The number of hydrogen-bond donors (Lipinski definition) is 2. The molecule has 0 spiro atoms. The van der Waals surface area contributed by atoms with E-state index in [0.717, 1.165) is 11.3 Å². The highest BCUT2D eigenvalue weighted by Gasteiger charge is 2.32. The Morgan fingerprint density at radius 3 is 2.29 bits per heavy atom. The molecule has 2 N–H and O–H groups in total. The number of carboxylic acid groups (broad SMARTS) is 1. The van der Waals surface area contributed by atoms with Gasteiger partial charge >= 0.3 is 5.97 Å². The second-order valence-electron chi connectivity index (χ2n) is 6.18. The van der Waals surface area contributed by atoms with Gasteiger partial charge in [0.15, 0.2) is 0 Å². The fourth-order valence-electron chi connectivity index (χ4n) is 1.80. The first-order valence-corrected chi connectivity index (χ1v) is 8.01. The zero-order valence-corrected chi connectivity index (χ0v) is 13.8. The lowest BCUT2D eigenvalue weighted by Gasteiger charge is -2.27. The normalized spacial score (nSPS) is 12.8. The number of rotatable bonds is 6. The third kappa shape index (κ3) is 6.21. The van der Waals surface area contributed by atoms with Crippen LogP contribution in [0.5, 0.6) is 0 Å². The summed E-state index contributed by atoms with van der Waals surface area (Å²) in [7, 11) is 0. The second-order valence-corrected chi connectivity index (χ2v) is 7.17. The largest absolute Gasteiger partial charge is 0.480 e. The van der Waals surface area contributed by atoms with Crippen molar-refractivity contribution in [3.63, 3.8) is 0 Å². The van der Waals surface area contributed by atoms with Crippen molar-refractivity contribution in [2.24, 2.45) is 5.41 Å². The van der Waals surface area contributed by atoms with Crippen LogP contribution in [0.15, 0.2) is 24.3 Å². The van der Waals surface area contributed by atoms with Gasteiger partial charge < -0.3 is 10.4 Å². The Morgan fingerprint density at radius 2 is 1.81 bits per heavy atom. The van der Waals surface area contributed by atoms with Crippen LogP contribution in [0.2, 0.25) is 0 Å². The molecule has 116 valence electrons. The number of carbonyl (C=O) groups excluding carboxylic acids is 1. The standard InChI is InChI=1S/C16H23NO3S/c1-11-5-7-12(8-6-11)9-21-10-13(18)17-14(15(19)20)16(2,3)4/h5-8,14H,9-10H2,1-4H3,(H,17,18)(H,19,20). The summed E-state index contributed by atoms with van der Waals surface area (Å²) in [6, 6.07) is 7.28. The monoisotopic (exact) mass is 309 g/mol. The maximum atomic E-state index is 11.9. The first-order valence-electron chi connectivity index (χ1n) is 6.85. The summed E-state index contributed by atoms with van der Waals surface area (Å²) in [6.45, 7) is 7.42. The third-order valence-electron chi connectivity index (χ3n) is 3.04. The van der Waals surface area contributed by atoms with Crippen LogP contribution in [0.1, 0.15) is 31.9 Å². The van der Waals surface area contributed by atoms with Gasteiger partial charge in [0, 0.05) is 5.75 Å². The van der Waals surface area contributed by atoms with E-state index in [-0.39, 0.29) is 11.7 Å². The maximum Gasteiger partial charge on any atom is 0.326 e. The Labute approximate surface area is 130 Å². The highest BCUT2D eigenvalue weighted by molar-refractivity contribution is 7.99. The van der Waals surface area contributed by atoms with E-state index in [1.165, 1.54) is 17.3 Å². The summed E-state index contributed by atoms with van der Waals surface area (Å²) < 4.78 is 0. The van der Waals surface area contributed by atoms with Crippen LogP contribution in [-0.2, 0) is 15.3 Å². The molecule has 1 rings (SSSR count). The first kappa shape index (κ1) is 17.6. The smallest absolute Gasteiger partial charge is 0.326 e. The van der Waals surface area contributed by atoms with Gasteiger partial charge in [-0.3, -0.25) is 4.79 Å². The van der Waals surface area contributed by atoms with Crippen LogP contribution < -0.4 is 5.32 Å². The molecule has 0 aliphatic carbocycles. The first-order chi connectivity index (χ1) is 9.70. The van der Waals surface area contributed by atoms with Gasteiger partial charge in [0.2, 0.25) is 5.91 Å². The Balaban J connectivity index is 2.43. The molecule has 0 fully saturated rings. The van der Waals surface area contributed by atoms with E-state index in [1.807, 2.05) is 31.2 Å². The molecule has 0 aromatic heterocycles. The molecular formula is C16H23NO3S. The van der Waals surface area contributed by atoms with Gasteiger partial charge in [-0.05, 0) is 17.9 Å². The third-order valence-corrected chi connectivity index (χ3v) is 4.04. The van der Waals surface area contributed by atoms with Gasteiger partial charge in [-0.1, -0.05) is 50.6 Å². The Morgan fingerprint density at radius 1 is 1.24 bits per heavy atom. The minimum absolute atomic E-state index is 0.241. The van der Waals surface area contributed by atoms with E-state index in [4.69, 9.17) is 5.11 Å². The lowest BCUT2D eigenvalue weighted by Crippen LogP contribution is -2.49. The summed E-state index contributed by atoms with van der Waals surface area (Å²) in [5.41, 5.74) is 1.85. The molecule has 5 heteroatoms. The van der Waals surface area contributed by atoms with E-state index in [9.17, 15) is 9.59 Å². The topological polar surface area (TPSA) is 66.4 Å². The summed E-state index contributed by atoms with van der Waals surface area (Å²) in [5, 5.41) is 11.8. The quantitative estimate of drug-likeness (QED) is 0.848. The van der Waals surface area contributed by atoms with Gasteiger partial charge in [-0.15, -0.1) is 11.8 Å². The van der Waals surface area contributed by atoms with Gasteiger partial charge in [-0.25, -0.2) is 4.79 Å². The summed E-state index contributed by atoms with van der Waals surface area (Å²) in [6.07, 6.45) is 0. The van der Waals surface area contributed by atoms with Crippen LogP contribution in [0.4, 0.5) is 0 Å². The number of aryl methyl sites for hydroxylation is 1. The highest BCUT2D eigenvalue weighted by Crippen LogP contribution is 2.20. The molecule has 1 aromatic rings. The molecule has 1 atom stereocenters. The summed E-state index contributed by atoms with van der Waals surface area (Å²) in [4.78, 5) is 23.0. The molecule has 0 aliphatic heterocycles. The predicted molar refractivity (Wildman–Crippen MR) is 86.4 cm³/mol. The van der Waals surface area contributed by atoms with Crippen molar-refractivity contribution in [2.45, 2.75) is 39.5 Å². The van der Waals surface area contributed by atoms with Crippen molar-refractivity contribution in [3.8, 4) is 0 Å². The fraction of sp³-hybridized carbons (Fsp3) is 0.500. The number of benzene rings is 1. The number of carboxylic acids is 1. The fourth-order valence-corrected chi connectivity index (χ4v) is 2.60. The van der Waals surface area contributed by atoms with Gasteiger partial charge in [-0.2, -0.15) is 0 Å². The molecule has 0 saturated heterocycles. The van der Waals surface area contributed by atoms with Crippen LogP contribution >= 0.6 is 11.8 Å². The highest BCUT2D eigenvalue weighted by atomic mass is 32.2. The lowest BCUT2D eigenvalue weighted by molar-refractivity contribution is -0.144. The van der Waals surface area contributed by atoms with Gasteiger partial charge in [0.25, 0.3) is 0 Å². The number of aliphatic carboxylic acids is 1. The zero-order chi connectivity index (χ0) is 16.0. The van der Waals surface area contributed by atoms with E-state index < -0.39 is 17.4 Å². The molecule has 0 saturated carbocycles. The predicted octanol–water partition coefficient (Wildman–Crippen LogP) is 2.84. The molecule has 1 unspecified atom stereocenters. The van der Waals surface area contributed by atoms with Gasteiger partial charge in [0.05, 0.1) is 5.75 Å². The SMILES string of the molecule is Cc1ccc(CSCC(=O)NC(C(=O)O)C(C)(C)C)cc1. The van der Waals surface area contributed by atoms with Gasteiger partial charge in [0.1, 0.15) is 6.04 Å². The van der Waals surface area contributed by atoms with Crippen molar-refractivity contribution in [3.05, 3.63) is 35.4 Å². The number of thioether (sulfide) groups is 1. The number of amides is 1. The second kappa shape index (κ2) is 7.50. The van der Waals surface area contributed by atoms with E-state index in [0.29, 0.717) is 0 Å². The maximum absolute atomic E-state index is 11.9. The van der Waals surface area contributed by atoms with Crippen molar-refractivity contribution >= 4 is 23.6 Å². The average Bonchev–Trinajstić information content (AvgIpc) is 2.36. The minimum Gasteiger partial charge on any atom is -0.480 e. The zero-order valence-electron chi connectivity index (χ0n) is 13.0. The molecule has 21 heavy (non-hydrogen) atoms. The number of nitrogens with one attached hydrogen (secondary N) is 1. The lowest BCUT2D eigenvalue weighted by atomic mass is 9.87. The summed E-state index contributed by atoms with van der Waals surface area (Å²) in [5.74, 6) is -0.247. The molecule has 0 aliphatic rings. The molecule has 0 radical (unpaired) electrons. The Bertz CT molecular complexity index is 491. The molecule has 4 nitrogen and oxygen atoms in total. The molecule has 0 bridgehead atoms. The van der Waals surface area contributed by atoms with Crippen molar-refractivity contribution in [1.82, 2.24) is 5.32 Å². The number of hydrogen-bond acceptors (Lipinski definition) is 3. The molecule has 1 aromatic carbocycles. The summed E-state index contributed by atoms with van der Waals surface area (Å²) >= 11 is 1.48. The molecule has 0 heterocycles. The minimum atomic E-state index is -1.00. The molecular weight excluding hydrogens is 286 g/mol. The average molecular weight is 309 g/mol. The van der Waals surface area contributed by atoms with E-state index >= 15 is 0 Å². The van der Waals surface area contributed by atoms with Crippen LogP contribution in [0, 0.1) is 12.3 Å². The van der Waals surface area contributed by atoms with Crippen molar-refractivity contribution in [1.29, 1.82) is 0 Å². The van der Waals surface area contributed by atoms with Crippen LogP contribution in [0.25, 0.3) is 0 Å². The number of carbonyl (C=O) groups is 2. The van der Waals surface area contributed by atoms with E-state index in [1.54, 1.807) is 20.8 Å². The Hall–Kier alpha value is -1.49. The van der Waals surface area contributed by atoms with Crippen LogP contribution in [0.3, 0.4) is 0 Å².